The molecule has 0 radical (unpaired) electrons. The average molecular weight is 557 g/mol. The fraction of sp³-hybridized carbons (Fsp3) is 0.407. The molecule has 2 fully saturated rings. The highest BCUT2D eigenvalue weighted by Gasteiger charge is 2.31. The first-order chi connectivity index (χ1) is 19.3. The molecule has 2 saturated heterocycles. The first kappa shape index (κ1) is 27.5. The number of hydrogen-bond donors (Lipinski definition) is 2. The lowest BCUT2D eigenvalue weighted by atomic mass is 10.1. The Morgan fingerprint density at radius 2 is 1.88 bits per heavy atom. The Morgan fingerprint density at radius 3 is 2.55 bits per heavy atom. The van der Waals surface area contributed by atoms with Crippen LogP contribution in [0.2, 0.25) is 0 Å². The van der Waals surface area contributed by atoms with E-state index >= 15 is 8.78 Å². The Morgan fingerprint density at radius 1 is 1.15 bits per heavy atom. The third-order valence-corrected chi connectivity index (χ3v) is 6.83. The van der Waals surface area contributed by atoms with Crippen molar-refractivity contribution in [3.63, 3.8) is 0 Å². The highest BCUT2D eigenvalue weighted by Crippen LogP contribution is 2.39. The van der Waals surface area contributed by atoms with Gasteiger partial charge in [0.25, 0.3) is 0 Å². The minimum absolute atomic E-state index is 0.0366. The van der Waals surface area contributed by atoms with Crippen molar-refractivity contribution in [2.45, 2.75) is 25.1 Å². The van der Waals surface area contributed by atoms with Gasteiger partial charge in [-0.3, -0.25) is 4.79 Å². The SMILES string of the molecule is C=CC(=O)N[C@H]1COC[C@H]1Nc1ncc2cc(-c3c(F)c(OC)cc(OC)c3F)nc(N3CCOC(C)C3)c2n1. The molecule has 212 valence electrons. The number of carbonyl (C=O) groups is 1. The lowest BCUT2D eigenvalue weighted by Gasteiger charge is -2.32. The predicted molar refractivity (Wildman–Crippen MR) is 144 cm³/mol. The van der Waals surface area contributed by atoms with Crippen LogP contribution in [0.1, 0.15) is 6.92 Å². The van der Waals surface area contributed by atoms with Crippen molar-refractivity contribution in [2.75, 3.05) is 57.3 Å². The zero-order chi connectivity index (χ0) is 28.4. The number of rotatable bonds is 8. The van der Waals surface area contributed by atoms with E-state index in [1.54, 1.807) is 6.20 Å². The maximum atomic E-state index is 15.4. The second-order valence-electron chi connectivity index (χ2n) is 9.48. The number of morpholine rings is 1. The van der Waals surface area contributed by atoms with Crippen molar-refractivity contribution in [1.82, 2.24) is 20.3 Å². The topological polar surface area (TPSA) is 120 Å². The summed E-state index contributed by atoms with van der Waals surface area (Å²) in [5.41, 5.74) is 0.137. The summed E-state index contributed by atoms with van der Waals surface area (Å²) in [6.07, 6.45) is 2.66. The molecular weight excluding hydrogens is 526 g/mol. The van der Waals surface area contributed by atoms with Crippen LogP contribution in [0.3, 0.4) is 0 Å². The number of fused-ring (bicyclic) bond motifs is 1. The number of ether oxygens (including phenoxy) is 4. The number of benzene rings is 1. The Hall–Kier alpha value is -4.10. The Bertz CT molecular complexity index is 1410. The van der Waals surface area contributed by atoms with Gasteiger partial charge in [0, 0.05) is 30.7 Å². The molecule has 5 rings (SSSR count). The van der Waals surface area contributed by atoms with Crippen LogP contribution in [0.25, 0.3) is 22.2 Å². The minimum Gasteiger partial charge on any atom is -0.494 e. The summed E-state index contributed by atoms with van der Waals surface area (Å²) in [7, 11) is 2.58. The van der Waals surface area contributed by atoms with Crippen LogP contribution in [-0.2, 0) is 14.3 Å². The molecule has 1 aromatic carbocycles. The molecule has 3 aromatic rings. The molecule has 4 heterocycles. The third kappa shape index (κ3) is 5.34. The summed E-state index contributed by atoms with van der Waals surface area (Å²) in [5, 5.41) is 6.58. The Labute approximate surface area is 229 Å². The summed E-state index contributed by atoms with van der Waals surface area (Å²) in [5.74, 6) is -1.75. The fourth-order valence-corrected chi connectivity index (χ4v) is 4.81. The summed E-state index contributed by atoms with van der Waals surface area (Å²) in [6, 6.07) is 2.09. The Balaban J connectivity index is 1.60. The smallest absolute Gasteiger partial charge is 0.243 e. The maximum absolute atomic E-state index is 15.4. The minimum atomic E-state index is -0.901. The molecule has 13 heteroatoms. The van der Waals surface area contributed by atoms with Gasteiger partial charge < -0.3 is 34.5 Å². The lowest BCUT2D eigenvalue weighted by molar-refractivity contribution is -0.117. The van der Waals surface area contributed by atoms with E-state index in [1.165, 1.54) is 26.4 Å². The number of aromatic nitrogens is 3. The molecule has 0 spiro atoms. The number of pyridine rings is 1. The number of amides is 1. The third-order valence-electron chi connectivity index (χ3n) is 6.83. The van der Waals surface area contributed by atoms with Gasteiger partial charge in [-0.25, -0.2) is 23.7 Å². The molecule has 2 N–H and O–H groups in total. The van der Waals surface area contributed by atoms with Crippen LogP contribution in [0.5, 0.6) is 11.5 Å². The van der Waals surface area contributed by atoms with Crippen molar-refractivity contribution < 1.29 is 32.5 Å². The zero-order valence-electron chi connectivity index (χ0n) is 22.4. The van der Waals surface area contributed by atoms with E-state index in [-0.39, 0.29) is 46.9 Å². The summed E-state index contributed by atoms with van der Waals surface area (Å²) in [4.78, 5) is 27.7. The quantitative estimate of drug-likeness (QED) is 0.401. The molecule has 2 aliphatic heterocycles. The number of nitrogens with one attached hydrogen (secondary N) is 2. The molecule has 0 saturated carbocycles. The van der Waals surface area contributed by atoms with E-state index in [1.807, 2.05) is 11.8 Å². The van der Waals surface area contributed by atoms with Crippen molar-refractivity contribution in [1.29, 1.82) is 0 Å². The van der Waals surface area contributed by atoms with Crippen LogP contribution in [0.15, 0.2) is 31.0 Å². The molecule has 0 aliphatic carbocycles. The number of methoxy groups -OCH3 is 2. The molecule has 2 aromatic heterocycles. The molecule has 2 aliphatic rings. The van der Waals surface area contributed by atoms with Crippen molar-refractivity contribution >= 4 is 28.6 Å². The van der Waals surface area contributed by atoms with E-state index in [9.17, 15) is 4.79 Å². The van der Waals surface area contributed by atoms with E-state index in [2.05, 4.69) is 22.2 Å². The van der Waals surface area contributed by atoms with Gasteiger partial charge in [0.1, 0.15) is 5.52 Å². The van der Waals surface area contributed by atoms with Crippen LogP contribution in [0, 0.1) is 11.6 Å². The van der Waals surface area contributed by atoms with Gasteiger partial charge in [-0.05, 0) is 19.1 Å². The van der Waals surface area contributed by atoms with Gasteiger partial charge in [-0.1, -0.05) is 6.58 Å². The van der Waals surface area contributed by atoms with E-state index < -0.39 is 11.6 Å². The van der Waals surface area contributed by atoms with Crippen molar-refractivity contribution in [2.24, 2.45) is 0 Å². The highest BCUT2D eigenvalue weighted by molar-refractivity contribution is 5.92. The van der Waals surface area contributed by atoms with Gasteiger partial charge >= 0.3 is 0 Å². The number of anilines is 2. The van der Waals surface area contributed by atoms with Crippen LogP contribution in [-0.4, -0.2) is 86.2 Å². The molecular formula is C27H30F2N6O5. The average Bonchev–Trinajstić information content (AvgIpc) is 3.38. The van der Waals surface area contributed by atoms with Crippen LogP contribution >= 0.6 is 0 Å². The van der Waals surface area contributed by atoms with E-state index in [0.29, 0.717) is 55.6 Å². The van der Waals surface area contributed by atoms with E-state index in [4.69, 9.17) is 28.9 Å². The molecule has 11 nitrogen and oxygen atoms in total. The van der Waals surface area contributed by atoms with Crippen LogP contribution < -0.4 is 25.0 Å². The second kappa shape index (κ2) is 11.6. The van der Waals surface area contributed by atoms with Crippen LogP contribution in [0.4, 0.5) is 20.5 Å². The Kier molecular flexibility index (Phi) is 7.94. The normalized spacial score (nSPS) is 20.8. The summed E-state index contributed by atoms with van der Waals surface area (Å²) in [6.45, 7) is 7.53. The second-order valence-corrected chi connectivity index (χ2v) is 9.48. The molecule has 1 unspecified atom stereocenters. The fourth-order valence-electron chi connectivity index (χ4n) is 4.81. The molecule has 3 atom stereocenters. The largest absolute Gasteiger partial charge is 0.494 e. The molecule has 40 heavy (non-hydrogen) atoms. The number of carbonyl (C=O) groups excluding carboxylic acids is 1. The first-order valence-electron chi connectivity index (χ1n) is 12.7. The highest BCUT2D eigenvalue weighted by atomic mass is 19.1. The van der Waals surface area contributed by atoms with Gasteiger partial charge in [0.15, 0.2) is 29.0 Å². The van der Waals surface area contributed by atoms with Crippen molar-refractivity contribution in [3.8, 4) is 22.8 Å². The van der Waals surface area contributed by atoms with Crippen molar-refractivity contribution in [3.05, 3.63) is 42.6 Å². The standard InChI is InChI=1S/C27H30F2N6O5/c1-5-21(36)31-17-12-39-13-18(17)33-27-30-10-15-8-16(22-23(28)19(37-3)9-20(38-4)24(22)29)32-26(25(15)34-27)35-6-7-40-14(2)11-35/h5,8-10,14,17-18H,1,6-7,11-13H2,2-4H3,(H,31,36)(H,30,33,34)/t14?,17-,18+/m0/s1. The zero-order valence-corrected chi connectivity index (χ0v) is 22.4. The van der Waals surface area contributed by atoms with Gasteiger partial charge in [0.2, 0.25) is 11.9 Å². The summed E-state index contributed by atoms with van der Waals surface area (Å²) < 4.78 is 52.3. The van der Waals surface area contributed by atoms with Gasteiger partial charge in [0.05, 0.1) is 63.5 Å². The number of hydrogen-bond acceptors (Lipinski definition) is 10. The molecule has 1 amide bonds. The monoisotopic (exact) mass is 556 g/mol. The van der Waals surface area contributed by atoms with Gasteiger partial charge in [-0.2, -0.15) is 0 Å². The molecule has 0 bridgehead atoms. The summed E-state index contributed by atoms with van der Waals surface area (Å²) >= 11 is 0. The number of halogens is 2. The maximum Gasteiger partial charge on any atom is 0.243 e. The van der Waals surface area contributed by atoms with E-state index in [0.717, 1.165) is 6.07 Å². The number of nitrogens with zero attached hydrogens (tertiary/aromatic N) is 4. The first-order valence-corrected chi connectivity index (χ1v) is 12.7. The predicted octanol–water partition coefficient (Wildman–Crippen LogP) is 2.69. The lowest BCUT2D eigenvalue weighted by Crippen LogP contribution is -2.45. The van der Waals surface area contributed by atoms with Gasteiger partial charge in [-0.15, -0.1) is 0 Å².